The zero-order chi connectivity index (χ0) is 18.0. The van der Waals surface area contributed by atoms with Crippen LogP contribution in [0.1, 0.15) is 42.1 Å². The Bertz CT molecular complexity index is 860. The molecular weight excluding hydrogens is 334 g/mol. The molecule has 2 aromatic rings. The van der Waals surface area contributed by atoms with Gasteiger partial charge in [0.2, 0.25) is 5.91 Å². The number of thioether (sulfide) groups is 1. The van der Waals surface area contributed by atoms with Crippen LogP contribution in [0.4, 0.5) is 5.69 Å². The summed E-state index contributed by atoms with van der Waals surface area (Å²) in [7, 11) is 0. The summed E-state index contributed by atoms with van der Waals surface area (Å²) in [6.45, 7) is 5.82. The predicted molar refractivity (Wildman–Crippen MR) is 101 cm³/mol. The summed E-state index contributed by atoms with van der Waals surface area (Å²) in [4.78, 5) is 32.1. The van der Waals surface area contributed by atoms with Gasteiger partial charge in [0, 0.05) is 11.3 Å². The van der Waals surface area contributed by atoms with Gasteiger partial charge in [-0.25, -0.2) is 4.98 Å². The van der Waals surface area contributed by atoms with Crippen molar-refractivity contribution in [3.63, 3.8) is 0 Å². The van der Waals surface area contributed by atoms with Crippen molar-refractivity contribution in [3.05, 3.63) is 50.9 Å². The SMILES string of the molecule is Cc1ccc(NC(=O)C(C)Sc2nc3c(c(=O)[nH]2)CCCC3)c(C)c1. The molecule has 1 aliphatic carbocycles. The van der Waals surface area contributed by atoms with E-state index < -0.39 is 0 Å². The Morgan fingerprint density at radius 3 is 2.80 bits per heavy atom. The van der Waals surface area contributed by atoms with Crippen molar-refractivity contribution in [3.8, 4) is 0 Å². The Morgan fingerprint density at radius 2 is 2.04 bits per heavy atom. The van der Waals surface area contributed by atoms with E-state index >= 15 is 0 Å². The molecule has 1 aromatic heterocycles. The van der Waals surface area contributed by atoms with Gasteiger partial charge in [-0.2, -0.15) is 0 Å². The molecule has 3 rings (SSSR count). The Kier molecular flexibility index (Phi) is 5.27. The Hall–Kier alpha value is -2.08. The summed E-state index contributed by atoms with van der Waals surface area (Å²) in [6, 6.07) is 5.93. The van der Waals surface area contributed by atoms with Gasteiger partial charge in [0.15, 0.2) is 5.16 Å². The van der Waals surface area contributed by atoms with E-state index in [1.165, 1.54) is 11.8 Å². The third-order valence-corrected chi connectivity index (χ3v) is 5.45. The Labute approximate surface area is 151 Å². The van der Waals surface area contributed by atoms with Gasteiger partial charge in [0.25, 0.3) is 5.56 Å². The van der Waals surface area contributed by atoms with Crippen LogP contribution in [-0.4, -0.2) is 21.1 Å². The minimum atomic E-state index is -0.356. The Balaban J connectivity index is 1.71. The normalized spacial score (nSPS) is 14.7. The van der Waals surface area contributed by atoms with E-state index in [0.717, 1.165) is 53.8 Å². The fourth-order valence-corrected chi connectivity index (χ4v) is 3.86. The van der Waals surface area contributed by atoms with Crippen LogP contribution in [-0.2, 0) is 17.6 Å². The summed E-state index contributed by atoms with van der Waals surface area (Å²) in [5.74, 6) is -0.0997. The van der Waals surface area contributed by atoms with Crippen LogP contribution in [0, 0.1) is 13.8 Å². The minimum absolute atomic E-state index is 0.0609. The first-order valence-electron chi connectivity index (χ1n) is 8.61. The van der Waals surface area contributed by atoms with Crippen LogP contribution >= 0.6 is 11.8 Å². The number of aromatic amines is 1. The molecule has 0 saturated carbocycles. The van der Waals surface area contributed by atoms with Gasteiger partial charge in [-0.15, -0.1) is 0 Å². The second kappa shape index (κ2) is 7.44. The van der Waals surface area contributed by atoms with Crippen LogP contribution < -0.4 is 10.9 Å². The van der Waals surface area contributed by atoms with Gasteiger partial charge >= 0.3 is 0 Å². The van der Waals surface area contributed by atoms with E-state index in [-0.39, 0.29) is 16.7 Å². The number of nitrogens with zero attached hydrogens (tertiary/aromatic N) is 1. The Morgan fingerprint density at radius 1 is 1.28 bits per heavy atom. The van der Waals surface area contributed by atoms with Gasteiger partial charge in [-0.1, -0.05) is 29.5 Å². The van der Waals surface area contributed by atoms with Crippen molar-refractivity contribution in [2.24, 2.45) is 0 Å². The van der Waals surface area contributed by atoms with Crippen molar-refractivity contribution in [1.29, 1.82) is 0 Å². The average molecular weight is 357 g/mol. The smallest absolute Gasteiger partial charge is 0.254 e. The van der Waals surface area contributed by atoms with Gasteiger partial charge < -0.3 is 10.3 Å². The van der Waals surface area contributed by atoms with E-state index in [1.54, 1.807) is 0 Å². The van der Waals surface area contributed by atoms with Gasteiger partial charge in [-0.3, -0.25) is 9.59 Å². The van der Waals surface area contributed by atoms with E-state index in [0.29, 0.717) is 5.16 Å². The predicted octanol–water partition coefficient (Wildman–Crippen LogP) is 3.38. The quantitative estimate of drug-likeness (QED) is 0.650. The number of carbonyl (C=O) groups excluding carboxylic acids is 1. The molecule has 0 fully saturated rings. The molecule has 0 bridgehead atoms. The molecule has 5 nitrogen and oxygen atoms in total. The molecule has 0 spiro atoms. The second-order valence-corrected chi connectivity index (χ2v) is 7.90. The molecule has 1 aromatic carbocycles. The maximum Gasteiger partial charge on any atom is 0.254 e. The maximum absolute atomic E-state index is 12.5. The molecule has 1 atom stereocenters. The topological polar surface area (TPSA) is 74.8 Å². The molecule has 0 saturated heterocycles. The zero-order valence-corrected chi connectivity index (χ0v) is 15.6. The number of H-pyrrole nitrogens is 1. The number of fused-ring (bicyclic) bond motifs is 1. The van der Waals surface area contributed by atoms with Gasteiger partial charge in [0.1, 0.15) is 0 Å². The van der Waals surface area contributed by atoms with E-state index in [2.05, 4.69) is 15.3 Å². The van der Waals surface area contributed by atoms with E-state index in [1.807, 2.05) is 39.0 Å². The number of benzene rings is 1. The molecule has 25 heavy (non-hydrogen) atoms. The highest BCUT2D eigenvalue weighted by Crippen LogP contribution is 2.24. The van der Waals surface area contributed by atoms with Gasteiger partial charge in [-0.05, 0) is 58.1 Å². The first kappa shape index (κ1) is 17.7. The molecule has 6 heteroatoms. The zero-order valence-electron chi connectivity index (χ0n) is 14.8. The number of rotatable bonds is 4. The monoisotopic (exact) mass is 357 g/mol. The fourth-order valence-electron chi connectivity index (χ4n) is 3.05. The van der Waals surface area contributed by atoms with Crippen molar-refractivity contribution in [1.82, 2.24) is 9.97 Å². The number of aromatic nitrogens is 2. The highest BCUT2D eigenvalue weighted by atomic mass is 32.2. The molecule has 2 N–H and O–H groups in total. The summed E-state index contributed by atoms with van der Waals surface area (Å²) >= 11 is 1.29. The molecule has 132 valence electrons. The van der Waals surface area contributed by atoms with Crippen LogP contribution in [0.15, 0.2) is 28.2 Å². The number of nitrogens with one attached hydrogen (secondary N) is 2. The largest absolute Gasteiger partial charge is 0.325 e. The van der Waals surface area contributed by atoms with Crippen LogP contribution in [0.5, 0.6) is 0 Å². The number of amides is 1. The molecule has 1 unspecified atom stereocenters. The first-order valence-corrected chi connectivity index (χ1v) is 9.49. The standard InChI is InChI=1S/C19H23N3O2S/c1-11-8-9-15(12(2)10-11)20-17(23)13(3)25-19-21-16-7-5-4-6-14(16)18(24)22-19/h8-10,13H,4-7H2,1-3H3,(H,20,23)(H,21,22,24). The first-order chi connectivity index (χ1) is 11.9. The van der Waals surface area contributed by atoms with Crippen LogP contribution in [0.25, 0.3) is 0 Å². The fraction of sp³-hybridized carbons (Fsp3) is 0.421. The minimum Gasteiger partial charge on any atom is -0.325 e. The third-order valence-electron chi connectivity index (χ3n) is 4.47. The maximum atomic E-state index is 12.5. The molecule has 1 aliphatic rings. The van der Waals surface area contributed by atoms with E-state index in [4.69, 9.17) is 0 Å². The lowest BCUT2D eigenvalue weighted by atomic mass is 9.97. The third kappa shape index (κ3) is 4.12. The lowest BCUT2D eigenvalue weighted by molar-refractivity contribution is -0.115. The molecule has 0 aliphatic heterocycles. The van der Waals surface area contributed by atoms with Crippen LogP contribution in [0.2, 0.25) is 0 Å². The highest BCUT2D eigenvalue weighted by Gasteiger charge is 2.20. The molecule has 1 heterocycles. The number of anilines is 1. The molecule has 0 radical (unpaired) electrons. The summed E-state index contributed by atoms with van der Waals surface area (Å²) in [5.41, 5.74) is 4.64. The van der Waals surface area contributed by atoms with Crippen molar-refractivity contribution in [2.75, 3.05) is 5.32 Å². The summed E-state index contributed by atoms with van der Waals surface area (Å²) in [5, 5.41) is 3.12. The molecular formula is C19H23N3O2S. The van der Waals surface area contributed by atoms with Gasteiger partial charge in [0.05, 0.1) is 10.9 Å². The highest BCUT2D eigenvalue weighted by molar-refractivity contribution is 8.00. The number of aryl methyl sites for hydroxylation is 3. The van der Waals surface area contributed by atoms with Crippen molar-refractivity contribution < 1.29 is 4.79 Å². The van der Waals surface area contributed by atoms with Crippen molar-refractivity contribution >= 4 is 23.4 Å². The second-order valence-electron chi connectivity index (χ2n) is 6.57. The summed E-state index contributed by atoms with van der Waals surface area (Å²) < 4.78 is 0. The average Bonchev–Trinajstić information content (AvgIpc) is 2.57. The lowest BCUT2D eigenvalue weighted by Gasteiger charge is -2.16. The van der Waals surface area contributed by atoms with Crippen LogP contribution in [0.3, 0.4) is 0 Å². The number of hydrogen-bond donors (Lipinski definition) is 2. The number of carbonyl (C=O) groups is 1. The summed E-state index contributed by atoms with van der Waals surface area (Å²) in [6.07, 6.45) is 3.75. The van der Waals surface area contributed by atoms with E-state index in [9.17, 15) is 9.59 Å². The lowest BCUT2D eigenvalue weighted by Crippen LogP contribution is -2.25. The van der Waals surface area contributed by atoms with Crippen molar-refractivity contribution in [2.45, 2.75) is 56.9 Å². The number of hydrogen-bond acceptors (Lipinski definition) is 4. The molecule has 1 amide bonds.